The van der Waals surface area contributed by atoms with Gasteiger partial charge in [0.2, 0.25) is 11.8 Å². The van der Waals surface area contributed by atoms with Gasteiger partial charge >= 0.3 is 0 Å². The van der Waals surface area contributed by atoms with Crippen LogP contribution in [0.25, 0.3) is 0 Å². The maximum Gasteiger partial charge on any atom is 0.243 e. The van der Waals surface area contributed by atoms with Crippen LogP contribution >= 0.6 is 12.6 Å². The maximum absolute atomic E-state index is 11.3. The SMILES string of the molecule is CC(=O)N[C@@H](CS)C(=O)NC(C)C. The van der Waals surface area contributed by atoms with Crippen molar-refractivity contribution in [2.24, 2.45) is 0 Å². The minimum absolute atomic E-state index is 0.0728. The molecule has 5 heteroatoms. The van der Waals surface area contributed by atoms with Crippen LogP contribution in [-0.2, 0) is 9.59 Å². The molecule has 0 unspecified atom stereocenters. The Morgan fingerprint density at radius 1 is 1.31 bits per heavy atom. The number of carbonyl (C=O) groups is 2. The molecule has 2 N–H and O–H groups in total. The molecule has 2 amide bonds. The molecule has 0 aromatic heterocycles. The molecule has 0 spiro atoms. The molecule has 0 radical (unpaired) electrons. The lowest BCUT2D eigenvalue weighted by molar-refractivity contribution is -0.127. The van der Waals surface area contributed by atoms with E-state index in [1.807, 2.05) is 13.8 Å². The predicted octanol–water partition coefficient (Wildman–Crippen LogP) is -0.0545. The quantitative estimate of drug-likeness (QED) is 0.562. The van der Waals surface area contributed by atoms with Gasteiger partial charge in [0.15, 0.2) is 0 Å². The number of rotatable bonds is 4. The van der Waals surface area contributed by atoms with E-state index in [2.05, 4.69) is 23.3 Å². The summed E-state index contributed by atoms with van der Waals surface area (Å²) in [5, 5.41) is 5.20. The first-order valence-electron chi connectivity index (χ1n) is 4.15. The predicted molar refractivity (Wildman–Crippen MR) is 54.7 cm³/mol. The number of nitrogens with one attached hydrogen (secondary N) is 2. The normalized spacial score (nSPS) is 12.4. The number of thiol groups is 1. The molecule has 4 nitrogen and oxygen atoms in total. The number of hydrogen-bond donors (Lipinski definition) is 3. The fourth-order valence-electron chi connectivity index (χ4n) is 0.825. The van der Waals surface area contributed by atoms with Gasteiger partial charge in [-0.2, -0.15) is 12.6 Å². The van der Waals surface area contributed by atoms with Crippen LogP contribution < -0.4 is 10.6 Å². The molecule has 0 saturated heterocycles. The number of amides is 2. The molecule has 0 saturated carbocycles. The van der Waals surface area contributed by atoms with E-state index >= 15 is 0 Å². The third kappa shape index (κ3) is 5.52. The highest BCUT2D eigenvalue weighted by Gasteiger charge is 2.17. The van der Waals surface area contributed by atoms with Gasteiger partial charge in [0.1, 0.15) is 6.04 Å². The molecule has 1 atom stereocenters. The fourth-order valence-corrected chi connectivity index (χ4v) is 1.08. The van der Waals surface area contributed by atoms with E-state index in [9.17, 15) is 9.59 Å². The third-order valence-corrected chi connectivity index (χ3v) is 1.67. The van der Waals surface area contributed by atoms with Gasteiger partial charge in [0.05, 0.1) is 0 Å². The van der Waals surface area contributed by atoms with Gasteiger partial charge < -0.3 is 10.6 Å². The minimum Gasteiger partial charge on any atom is -0.352 e. The molecule has 0 aromatic rings. The van der Waals surface area contributed by atoms with Crippen molar-refractivity contribution in [2.75, 3.05) is 5.75 Å². The van der Waals surface area contributed by atoms with Crippen molar-refractivity contribution in [3.05, 3.63) is 0 Å². The first-order valence-corrected chi connectivity index (χ1v) is 4.79. The maximum atomic E-state index is 11.3. The molecule has 0 rings (SSSR count). The van der Waals surface area contributed by atoms with Gasteiger partial charge in [0.25, 0.3) is 0 Å². The van der Waals surface area contributed by atoms with Crippen molar-refractivity contribution in [1.82, 2.24) is 10.6 Å². The molecule has 0 bridgehead atoms. The van der Waals surface area contributed by atoms with Crippen LogP contribution in [0.2, 0.25) is 0 Å². The Morgan fingerprint density at radius 2 is 1.85 bits per heavy atom. The van der Waals surface area contributed by atoms with E-state index < -0.39 is 6.04 Å². The summed E-state index contributed by atoms with van der Waals surface area (Å²) >= 11 is 3.98. The average molecular weight is 204 g/mol. The zero-order valence-electron chi connectivity index (χ0n) is 8.13. The monoisotopic (exact) mass is 204 g/mol. The zero-order chi connectivity index (χ0) is 10.4. The lowest BCUT2D eigenvalue weighted by Gasteiger charge is -2.16. The van der Waals surface area contributed by atoms with Gasteiger partial charge in [0, 0.05) is 18.7 Å². The summed E-state index contributed by atoms with van der Waals surface area (Å²) in [6, 6.07) is -0.466. The molecule has 0 fully saturated rings. The van der Waals surface area contributed by atoms with Gasteiger partial charge in [-0.05, 0) is 13.8 Å². The average Bonchev–Trinajstić information content (AvgIpc) is 1.98. The Labute approximate surface area is 83.9 Å². The van der Waals surface area contributed by atoms with Crippen LogP contribution in [-0.4, -0.2) is 29.7 Å². The highest BCUT2D eigenvalue weighted by atomic mass is 32.1. The van der Waals surface area contributed by atoms with Crippen LogP contribution in [0.4, 0.5) is 0 Å². The number of carbonyl (C=O) groups excluding carboxylic acids is 2. The standard InChI is InChI=1S/C8H16N2O2S/c1-5(2)9-8(12)7(4-13)10-6(3)11/h5,7,13H,4H2,1-3H3,(H,9,12)(H,10,11)/t7-/m0/s1. The van der Waals surface area contributed by atoms with Crippen LogP contribution in [0, 0.1) is 0 Å². The van der Waals surface area contributed by atoms with Gasteiger partial charge in [-0.3, -0.25) is 9.59 Å². The molecule has 0 heterocycles. The van der Waals surface area contributed by atoms with Crippen LogP contribution in [0.1, 0.15) is 20.8 Å². The highest BCUT2D eigenvalue weighted by molar-refractivity contribution is 7.80. The number of hydrogen-bond acceptors (Lipinski definition) is 3. The van der Waals surface area contributed by atoms with E-state index in [0.29, 0.717) is 5.75 Å². The van der Waals surface area contributed by atoms with Crippen molar-refractivity contribution in [1.29, 1.82) is 0 Å². The Morgan fingerprint density at radius 3 is 2.15 bits per heavy atom. The summed E-state index contributed by atoms with van der Waals surface area (Å²) in [5.41, 5.74) is 0. The van der Waals surface area contributed by atoms with Crippen LogP contribution in [0.3, 0.4) is 0 Å². The first-order chi connectivity index (χ1) is 5.97. The zero-order valence-corrected chi connectivity index (χ0v) is 9.02. The van der Waals surface area contributed by atoms with Crippen molar-refractivity contribution < 1.29 is 9.59 Å². The minimum atomic E-state index is -0.539. The molecular weight excluding hydrogens is 188 g/mol. The van der Waals surface area contributed by atoms with Crippen molar-refractivity contribution >= 4 is 24.4 Å². The Hall–Kier alpha value is -0.710. The second-order valence-corrected chi connectivity index (χ2v) is 3.46. The Bertz CT molecular complexity index is 195. The Balaban J connectivity index is 4.07. The second-order valence-electron chi connectivity index (χ2n) is 3.10. The summed E-state index contributed by atoms with van der Waals surface area (Å²) in [7, 11) is 0. The molecule has 0 aliphatic heterocycles. The summed E-state index contributed by atoms with van der Waals surface area (Å²) < 4.78 is 0. The van der Waals surface area contributed by atoms with E-state index in [1.165, 1.54) is 6.92 Å². The lowest BCUT2D eigenvalue weighted by Crippen LogP contribution is -2.49. The molecule has 0 aromatic carbocycles. The largest absolute Gasteiger partial charge is 0.352 e. The molecular formula is C8H16N2O2S. The topological polar surface area (TPSA) is 58.2 Å². The molecule has 13 heavy (non-hydrogen) atoms. The summed E-state index contributed by atoms with van der Waals surface area (Å²) in [4.78, 5) is 22.0. The molecule has 0 aliphatic carbocycles. The lowest BCUT2D eigenvalue weighted by atomic mass is 10.3. The van der Waals surface area contributed by atoms with E-state index in [0.717, 1.165) is 0 Å². The van der Waals surface area contributed by atoms with Gasteiger partial charge in [-0.25, -0.2) is 0 Å². The van der Waals surface area contributed by atoms with Crippen molar-refractivity contribution in [3.63, 3.8) is 0 Å². The molecule has 76 valence electrons. The summed E-state index contributed by atoms with van der Waals surface area (Å²) in [6.45, 7) is 5.10. The highest BCUT2D eigenvalue weighted by Crippen LogP contribution is 1.90. The van der Waals surface area contributed by atoms with E-state index in [4.69, 9.17) is 0 Å². The van der Waals surface area contributed by atoms with E-state index in [-0.39, 0.29) is 17.9 Å². The van der Waals surface area contributed by atoms with Crippen molar-refractivity contribution in [3.8, 4) is 0 Å². The van der Waals surface area contributed by atoms with Gasteiger partial charge in [-0.1, -0.05) is 0 Å². The van der Waals surface area contributed by atoms with Crippen LogP contribution in [0.15, 0.2) is 0 Å². The van der Waals surface area contributed by atoms with Gasteiger partial charge in [-0.15, -0.1) is 0 Å². The third-order valence-electron chi connectivity index (χ3n) is 1.31. The van der Waals surface area contributed by atoms with Crippen molar-refractivity contribution in [2.45, 2.75) is 32.9 Å². The Kier molecular flexibility index (Phi) is 5.53. The van der Waals surface area contributed by atoms with E-state index in [1.54, 1.807) is 0 Å². The summed E-state index contributed by atoms with van der Waals surface area (Å²) in [6.07, 6.45) is 0. The molecule has 0 aliphatic rings. The summed E-state index contributed by atoms with van der Waals surface area (Å²) in [5.74, 6) is -0.115. The first kappa shape index (κ1) is 12.3. The fraction of sp³-hybridized carbons (Fsp3) is 0.750. The smallest absolute Gasteiger partial charge is 0.243 e. The van der Waals surface area contributed by atoms with Crippen LogP contribution in [0.5, 0.6) is 0 Å². The second kappa shape index (κ2) is 5.85.